The van der Waals surface area contributed by atoms with Crippen molar-refractivity contribution in [2.24, 2.45) is 0 Å². The number of nitrogens with one attached hydrogen (secondary N) is 1. The third-order valence-electron chi connectivity index (χ3n) is 3.72. The minimum Gasteiger partial charge on any atom is -0.298 e. The maximum Gasteiger partial charge on any atom is 0.257 e. The largest absolute Gasteiger partial charge is 0.298 e. The second kappa shape index (κ2) is 6.75. The number of sulfonamides is 1. The Bertz CT molecular complexity index is 1110. The molecule has 0 radical (unpaired) electrons. The first-order valence-electron chi connectivity index (χ1n) is 7.59. The summed E-state index contributed by atoms with van der Waals surface area (Å²) in [6, 6.07) is 8.96. The van der Waals surface area contributed by atoms with Gasteiger partial charge in [0, 0.05) is 19.7 Å². The highest BCUT2D eigenvalue weighted by atomic mass is 32.2. The van der Waals surface area contributed by atoms with E-state index >= 15 is 0 Å². The third kappa shape index (κ3) is 3.46. The quantitative estimate of drug-likeness (QED) is 0.738. The van der Waals surface area contributed by atoms with Gasteiger partial charge in [-0.2, -0.15) is 0 Å². The average molecular weight is 393 g/mol. The smallest absolute Gasteiger partial charge is 0.257 e. The second-order valence-electron chi connectivity index (χ2n) is 5.88. The van der Waals surface area contributed by atoms with Gasteiger partial charge in [0.05, 0.1) is 10.2 Å². The number of hydrogen-bond donors (Lipinski definition) is 1. The lowest BCUT2D eigenvalue weighted by Gasteiger charge is -2.13. The van der Waals surface area contributed by atoms with E-state index in [1.807, 2.05) is 25.1 Å². The molecule has 2 aromatic carbocycles. The lowest BCUT2D eigenvalue weighted by molar-refractivity contribution is 0.102. The highest BCUT2D eigenvalue weighted by molar-refractivity contribution is 7.89. The van der Waals surface area contributed by atoms with Crippen LogP contribution < -0.4 is 5.32 Å². The molecular formula is C17H16FN3O3S2. The Morgan fingerprint density at radius 1 is 1.19 bits per heavy atom. The van der Waals surface area contributed by atoms with Crippen molar-refractivity contribution in [1.29, 1.82) is 0 Å². The number of thiazole rings is 1. The normalized spacial score (nSPS) is 11.9. The molecule has 1 heterocycles. The molecule has 1 aromatic heterocycles. The molecule has 3 rings (SSSR count). The maximum absolute atomic E-state index is 13.9. The van der Waals surface area contributed by atoms with Gasteiger partial charge >= 0.3 is 0 Å². The molecule has 0 saturated heterocycles. The molecule has 0 atom stereocenters. The number of nitrogens with zero attached hydrogens (tertiary/aromatic N) is 2. The van der Waals surface area contributed by atoms with Crippen LogP contribution in [0.5, 0.6) is 0 Å². The van der Waals surface area contributed by atoms with Crippen molar-refractivity contribution in [3.8, 4) is 0 Å². The summed E-state index contributed by atoms with van der Waals surface area (Å²) in [5.41, 5.74) is 1.87. The molecule has 0 unspecified atom stereocenters. The van der Waals surface area contributed by atoms with Crippen LogP contribution in [0.2, 0.25) is 0 Å². The van der Waals surface area contributed by atoms with Gasteiger partial charge in [-0.15, -0.1) is 0 Å². The standard InChI is InChI=1S/C17H16FN3O3S2/c1-10-4-7-13-14(8-10)25-17(19-13)20-16(22)11-5-6-12(18)15(9-11)26(23,24)21(2)3/h4-9H,1-3H3,(H,19,20,22). The van der Waals surface area contributed by atoms with E-state index in [9.17, 15) is 17.6 Å². The van der Waals surface area contributed by atoms with Gasteiger partial charge in [0.2, 0.25) is 10.0 Å². The fourth-order valence-electron chi connectivity index (χ4n) is 2.29. The Kier molecular flexibility index (Phi) is 4.78. The number of anilines is 1. The molecule has 0 aliphatic heterocycles. The zero-order valence-corrected chi connectivity index (χ0v) is 15.9. The predicted molar refractivity (Wildman–Crippen MR) is 99.6 cm³/mol. The van der Waals surface area contributed by atoms with Crippen LogP contribution in [0.3, 0.4) is 0 Å². The molecule has 0 spiro atoms. The van der Waals surface area contributed by atoms with Crippen LogP contribution in [0.25, 0.3) is 10.2 Å². The zero-order chi connectivity index (χ0) is 19.1. The van der Waals surface area contributed by atoms with Crippen LogP contribution in [0, 0.1) is 12.7 Å². The van der Waals surface area contributed by atoms with Gasteiger partial charge in [0.1, 0.15) is 10.7 Å². The number of aryl methyl sites for hydroxylation is 1. The minimum atomic E-state index is -4.00. The Morgan fingerprint density at radius 3 is 2.62 bits per heavy atom. The first-order chi connectivity index (χ1) is 12.2. The van der Waals surface area contributed by atoms with Crippen LogP contribution in [0.4, 0.5) is 9.52 Å². The predicted octanol–water partition coefficient (Wildman–Crippen LogP) is 3.25. The van der Waals surface area contributed by atoms with Gasteiger partial charge < -0.3 is 0 Å². The summed E-state index contributed by atoms with van der Waals surface area (Å²) < 4.78 is 40.1. The Morgan fingerprint density at radius 2 is 1.92 bits per heavy atom. The number of carbonyl (C=O) groups excluding carboxylic acids is 1. The van der Waals surface area contributed by atoms with Gasteiger partial charge in [0.15, 0.2) is 5.13 Å². The summed E-state index contributed by atoms with van der Waals surface area (Å²) >= 11 is 1.31. The van der Waals surface area contributed by atoms with Gasteiger partial charge in [0.25, 0.3) is 5.91 Å². The number of amides is 1. The topological polar surface area (TPSA) is 79.4 Å². The zero-order valence-electron chi connectivity index (χ0n) is 14.3. The molecule has 0 fully saturated rings. The van der Waals surface area contributed by atoms with Crippen LogP contribution in [-0.4, -0.2) is 37.7 Å². The number of aromatic nitrogens is 1. The van der Waals surface area contributed by atoms with Crippen molar-refractivity contribution >= 4 is 42.6 Å². The highest BCUT2D eigenvalue weighted by Gasteiger charge is 2.23. The first kappa shape index (κ1) is 18.4. The Balaban J connectivity index is 1.92. The summed E-state index contributed by atoms with van der Waals surface area (Å²) in [5, 5.41) is 3.02. The first-order valence-corrected chi connectivity index (χ1v) is 9.85. The number of hydrogen-bond acceptors (Lipinski definition) is 5. The van der Waals surface area contributed by atoms with Crippen LogP contribution >= 0.6 is 11.3 Å². The fourth-order valence-corrected chi connectivity index (χ4v) is 4.24. The van der Waals surface area contributed by atoms with E-state index in [1.165, 1.54) is 31.5 Å². The van der Waals surface area contributed by atoms with E-state index in [2.05, 4.69) is 10.3 Å². The molecule has 136 valence electrons. The van der Waals surface area contributed by atoms with Crippen LogP contribution in [-0.2, 0) is 10.0 Å². The molecule has 0 bridgehead atoms. The van der Waals surface area contributed by atoms with E-state index in [1.54, 1.807) is 0 Å². The number of fused-ring (bicyclic) bond motifs is 1. The van der Waals surface area contributed by atoms with E-state index in [0.29, 0.717) is 5.13 Å². The SMILES string of the molecule is Cc1ccc2nc(NC(=O)c3ccc(F)c(S(=O)(=O)N(C)C)c3)sc2c1. The van der Waals surface area contributed by atoms with Crippen molar-refractivity contribution in [3.05, 3.63) is 53.3 Å². The lowest BCUT2D eigenvalue weighted by atomic mass is 10.2. The second-order valence-corrected chi connectivity index (χ2v) is 9.03. The van der Waals surface area contributed by atoms with Crippen LogP contribution in [0.15, 0.2) is 41.3 Å². The van der Waals surface area contributed by atoms with E-state index in [0.717, 1.165) is 32.2 Å². The van der Waals surface area contributed by atoms with E-state index < -0.39 is 26.6 Å². The van der Waals surface area contributed by atoms with Crippen molar-refractivity contribution in [1.82, 2.24) is 9.29 Å². The molecule has 26 heavy (non-hydrogen) atoms. The van der Waals surface area contributed by atoms with Gasteiger partial charge in [-0.1, -0.05) is 17.4 Å². The molecule has 1 N–H and O–H groups in total. The lowest BCUT2D eigenvalue weighted by Crippen LogP contribution is -2.24. The van der Waals surface area contributed by atoms with Crippen molar-refractivity contribution in [3.63, 3.8) is 0 Å². The average Bonchev–Trinajstić information content (AvgIpc) is 2.96. The maximum atomic E-state index is 13.9. The van der Waals surface area contributed by atoms with Crippen LogP contribution in [0.1, 0.15) is 15.9 Å². The molecule has 6 nitrogen and oxygen atoms in total. The van der Waals surface area contributed by atoms with Crippen molar-refractivity contribution in [2.75, 3.05) is 19.4 Å². The number of carbonyl (C=O) groups is 1. The minimum absolute atomic E-state index is 0.0299. The Labute approximate surface area is 154 Å². The van der Waals surface area contributed by atoms with Crippen molar-refractivity contribution in [2.45, 2.75) is 11.8 Å². The van der Waals surface area contributed by atoms with Crippen molar-refractivity contribution < 1.29 is 17.6 Å². The van der Waals surface area contributed by atoms with E-state index in [-0.39, 0.29) is 5.56 Å². The number of benzene rings is 2. The molecule has 0 saturated carbocycles. The molecule has 1 amide bonds. The summed E-state index contributed by atoms with van der Waals surface area (Å²) in [5.74, 6) is -1.47. The number of rotatable bonds is 4. The molecular weight excluding hydrogens is 377 g/mol. The molecule has 0 aliphatic carbocycles. The summed E-state index contributed by atoms with van der Waals surface area (Å²) in [6.07, 6.45) is 0. The number of halogens is 1. The molecule has 3 aromatic rings. The monoisotopic (exact) mass is 393 g/mol. The summed E-state index contributed by atoms with van der Waals surface area (Å²) in [7, 11) is -1.40. The summed E-state index contributed by atoms with van der Waals surface area (Å²) in [4.78, 5) is 16.2. The van der Waals surface area contributed by atoms with Gasteiger partial charge in [-0.3, -0.25) is 10.1 Å². The molecule has 0 aliphatic rings. The highest BCUT2D eigenvalue weighted by Crippen LogP contribution is 2.27. The van der Waals surface area contributed by atoms with Gasteiger partial charge in [-0.25, -0.2) is 22.1 Å². The molecule has 9 heteroatoms. The summed E-state index contributed by atoms with van der Waals surface area (Å²) in [6.45, 7) is 1.96. The third-order valence-corrected chi connectivity index (χ3v) is 6.48. The van der Waals surface area contributed by atoms with Gasteiger partial charge in [-0.05, 0) is 42.8 Å². The fraction of sp³-hybridized carbons (Fsp3) is 0.176. The van der Waals surface area contributed by atoms with E-state index in [4.69, 9.17) is 0 Å². The Hall–Kier alpha value is -2.36.